The quantitative estimate of drug-likeness (QED) is 0.664. The van der Waals surface area contributed by atoms with E-state index in [9.17, 15) is 9.59 Å². The maximum absolute atomic E-state index is 11.7. The molecular weight excluding hydrogens is 272 g/mol. The van der Waals surface area contributed by atoms with Crippen molar-refractivity contribution in [3.8, 4) is 5.75 Å². The van der Waals surface area contributed by atoms with Crippen molar-refractivity contribution in [3.05, 3.63) is 30.3 Å². The first kappa shape index (κ1) is 17.0. The molecule has 1 aromatic rings. The molecule has 0 aliphatic carbocycles. The molecule has 0 aliphatic heterocycles. The van der Waals surface area contributed by atoms with E-state index in [4.69, 9.17) is 9.84 Å². The number of benzene rings is 1. The van der Waals surface area contributed by atoms with Gasteiger partial charge in [0.2, 0.25) is 5.91 Å². The molecule has 1 unspecified atom stereocenters. The monoisotopic (exact) mass is 294 g/mol. The third-order valence-electron chi connectivity index (χ3n) is 3.03. The number of carboxylic acids is 1. The van der Waals surface area contributed by atoms with Crippen molar-refractivity contribution in [1.29, 1.82) is 0 Å². The Labute approximate surface area is 124 Å². The van der Waals surface area contributed by atoms with Crippen LogP contribution in [0, 0.1) is 0 Å². The van der Waals surface area contributed by atoms with Gasteiger partial charge in [-0.25, -0.2) is 0 Å². The maximum Gasteiger partial charge on any atom is 0.320 e. The normalized spacial score (nSPS) is 12.0. The number of para-hydroxylation sites is 1. The highest BCUT2D eigenvalue weighted by molar-refractivity contribution is 5.79. The van der Waals surface area contributed by atoms with Crippen LogP contribution in [-0.2, 0) is 9.59 Å². The molecule has 0 aromatic heterocycles. The molecule has 0 saturated heterocycles. The summed E-state index contributed by atoms with van der Waals surface area (Å²) in [6.45, 7) is 2.58. The molecule has 0 heterocycles. The Morgan fingerprint density at radius 2 is 2.00 bits per heavy atom. The van der Waals surface area contributed by atoms with Crippen LogP contribution in [0.5, 0.6) is 5.75 Å². The number of nitrogens with one attached hydrogen (secondary N) is 1. The van der Waals surface area contributed by atoms with Gasteiger partial charge in [0.1, 0.15) is 18.4 Å². The number of carboxylic acid groups (broad SMARTS) is 1. The van der Waals surface area contributed by atoms with Gasteiger partial charge < -0.3 is 15.2 Å². The number of likely N-dealkylation sites (N-methyl/N-ethyl adjacent to an activating group) is 1. The first-order chi connectivity index (χ1) is 10.0. The van der Waals surface area contributed by atoms with Crippen LogP contribution in [0.25, 0.3) is 0 Å². The van der Waals surface area contributed by atoms with Crippen molar-refractivity contribution < 1.29 is 19.4 Å². The van der Waals surface area contributed by atoms with E-state index in [-0.39, 0.29) is 12.5 Å². The molecule has 1 aromatic carbocycles. The summed E-state index contributed by atoms with van der Waals surface area (Å²) >= 11 is 0. The standard InChI is InChI=1S/C15H22N2O4/c1-3-13(15(19)20)17(2)11-14(18)16-9-10-21-12-7-5-4-6-8-12/h4-8,13H,3,9-11H2,1-2H3,(H,16,18)(H,19,20). The molecule has 1 amide bonds. The minimum Gasteiger partial charge on any atom is -0.492 e. The molecule has 6 nitrogen and oxygen atoms in total. The molecule has 1 rings (SSSR count). The topological polar surface area (TPSA) is 78.9 Å². The lowest BCUT2D eigenvalue weighted by Crippen LogP contribution is -2.44. The van der Waals surface area contributed by atoms with E-state index in [1.165, 1.54) is 4.90 Å². The van der Waals surface area contributed by atoms with Crippen LogP contribution in [0.1, 0.15) is 13.3 Å². The van der Waals surface area contributed by atoms with E-state index >= 15 is 0 Å². The molecule has 6 heteroatoms. The fourth-order valence-electron chi connectivity index (χ4n) is 1.94. The second kappa shape index (κ2) is 8.97. The van der Waals surface area contributed by atoms with Crippen molar-refractivity contribution >= 4 is 11.9 Å². The zero-order valence-corrected chi connectivity index (χ0v) is 12.4. The molecule has 0 saturated carbocycles. The molecule has 0 spiro atoms. The third-order valence-corrected chi connectivity index (χ3v) is 3.03. The molecule has 1 atom stereocenters. The summed E-state index contributed by atoms with van der Waals surface area (Å²) < 4.78 is 5.45. The molecule has 0 radical (unpaired) electrons. The van der Waals surface area contributed by atoms with Crippen molar-refractivity contribution in [1.82, 2.24) is 10.2 Å². The summed E-state index contributed by atoms with van der Waals surface area (Å²) in [4.78, 5) is 24.2. The van der Waals surface area contributed by atoms with Gasteiger partial charge >= 0.3 is 5.97 Å². The minimum absolute atomic E-state index is 0.0517. The summed E-state index contributed by atoms with van der Waals surface area (Å²) in [6.07, 6.45) is 0.455. The van der Waals surface area contributed by atoms with Gasteiger partial charge in [-0.1, -0.05) is 25.1 Å². The smallest absolute Gasteiger partial charge is 0.320 e. The van der Waals surface area contributed by atoms with Crippen molar-refractivity contribution in [2.75, 3.05) is 26.7 Å². The van der Waals surface area contributed by atoms with Crippen molar-refractivity contribution in [2.24, 2.45) is 0 Å². The maximum atomic E-state index is 11.7. The molecule has 0 fully saturated rings. The fraction of sp³-hybridized carbons (Fsp3) is 0.467. The Kier molecular flexibility index (Phi) is 7.25. The molecule has 2 N–H and O–H groups in total. The summed E-state index contributed by atoms with van der Waals surface area (Å²) in [7, 11) is 1.63. The van der Waals surface area contributed by atoms with E-state index < -0.39 is 12.0 Å². The lowest BCUT2D eigenvalue weighted by atomic mass is 10.2. The van der Waals surface area contributed by atoms with E-state index in [2.05, 4.69) is 5.32 Å². The number of carbonyl (C=O) groups excluding carboxylic acids is 1. The Balaban J connectivity index is 2.23. The number of carbonyl (C=O) groups is 2. The van der Waals surface area contributed by atoms with E-state index in [1.807, 2.05) is 30.3 Å². The van der Waals surface area contributed by atoms with Gasteiger partial charge in [0.05, 0.1) is 13.1 Å². The van der Waals surface area contributed by atoms with Crippen LogP contribution >= 0.6 is 0 Å². The predicted molar refractivity (Wildman–Crippen MR) is 79.3 cm³/mol. The highest BCUT2D eigenvalue weighted by Gasteiger charge is 2.21. The predicted octanol–water partition coefficient (Wildman–Crippen LogP) is 0.977. The molecular formula is C15H22N2O4. The zero-order valence-electron chi connectivity index (χ0n) is 12.4. The molecule has 21 heavy (non-hydrogen) atoms. The zero-order chi connectivity index (χ0) is 15.7. The van der Waals surface area contributed by atoms with E-state index in [1.54, 1.807) is 14.0 Å². The van der Waals surface area contributed by atoms with Gasteiger partial charge in [0.25, 0.3) is 0 Å². The number of hydrogen-bond acceptors (Lipinski definition) is 4. The van der Waals surface area contributed by atoms with Crippen LogP contribution in [-0.4, -0.2) is 54.7 Å². The number of rotatable bonds is 9. The first-order valence-corrected chi connectivity index (χ1v) is 6.92. The summed E-state index contributed by atoms with van der Waals surface area (Å²) in [5.74, 6) is -0.380. The molecule has 0 bridgehead atoms. The van der Waals surface area contributed by atoms with Crippen molar-refractivity contribution in [2.45, 2.75) is 19.4 Å². The summed E-state index contributed by atoms with van der Waals surface area (Å²) in [5, 5.41) is 11.7. The highest BCUT2D eigenvalue weighted by Crippen LogP contribution is 2.07. The van der Waals surface area contributed by atoms with Crippen LogP contribution in [0.3, 0.4) is 0 Å². The van der Waals surface area contributed by atoms with E-state index in [0.717, 1.165) is 5.75 Å². The first-order valence-electron chi connectivity index (χ1n) is 6.92. The summed E-state index contributed by atoms with van der Waals surface area (Å²) in [6, 6.07) is 8.69. The van der Waals surface area contributed by atoms with Crippen LogP contribution in [0.4, 0.5) is 0 Å². The largest absolute Gasteiger partial charge is 0.492 e. The number of hydrogen-bond donors (Lipinski definition) is 2. The average Bonchev–Trinajstić information content (AvgIpc) is 2.45. The Morgan fingerprint density at radius 1 is 1.33 bits per heavy atom. The Bertz CT molecular complexity index is 450. The molecule has 116 valence electrons. The highest BCUT2D eigenvalue weighted by atomic mass is 16.5. The summed E-state index contributed by atoms with van der Waals surface area (Å²) in [5.41, 5.74) is 0. The van der Waals surface area contributed by atoms with Crippen LogP contribution in [0.15, 0.2) is 30.3 Å². The number of aliphatic carboxylic acids is 1. The third kappa shape index (κ3) is 6.27. The van der Waals surface area contributed by atoms with Crippen LogP contribution in [0.2, 0.25) is 0 Å². The lowest BCUT2D eigenvalue weighted by Gasteiger charge is -2.22. The Morgan fingerprint density at radius 3 is 2.57 bits per heavy atom. The number of ether oxygens (including phenoxy) is 1. The Hall–Kier alpha value is -2.08. The fourth-order valence-corrected chi connectivity index (χ4v) is 1.94. The van der Waals surface area contributed by atoms with E-state index in [0.29, 0.717) is 19.6 Å². The van der Waals surface area contributed by atoms with Crippen LogP contribution < -0.4 is 10.1 Å². The SMILES string of the molecule is CCC(C(=O)O)N(C)CC(=O)NCCOc1ccccc1. The van der Waals surface area contributed by atoms with Gasteiger partial charge in [0, 0.05) is 0 Å². The van der Waals surface area contributed by atoms with Gasteiger partial charge in [-0.3, -0.25) is 14.5 Å². The van der Waals surface area contributed by atoms with Gasteiger partial charge in [0.15, 0.2) is 0 Å². The van der Waals surface area contributed by atoms with Gasteiger partial charge in [-0.15, -0.1) is 0 Å². The van der Waals surface area contributed by atoms with Crippen molar-refractivity contribution in [3.63, 3.8) is 0 Å². The lowest BCUT2D eigenvalue weighted by molar-refractivity contribution is -0.143. The van der Waals surface area contributed by atoms with Gasteiger partial charge in [-0.05, 0) is 25.6 Å². The number of amides is 1. The second-order valence-corrected chi connectivity index (χ2v) is 4.69. The van der Waals surface area contributed by atoms with Gasteiger partial charge in [-0.2, -0.15) is 0 Å². The second-order valence-electron chi connectivity index (χ2n) is 4.69. The molecule has 0 aliphatic rings. The number of nitrogens with zero attached hydrogens (tertiary/aromatic N) is 1. The minimum atomic E-state index is -0.916. The average molecular weight is 294 g/mol.